The van der Waals surface area contributed by atoms with Gasteiger partial charge in [-0.05, 0) is 49.9 Å². The van der Waals surface area contributed by atoms with Gasteiger partial charge in [0.2, 0.25) is 0 Å². The van der Waals surface area contributed by atoms with Crippen LogP contribution in [0.3, 0.4) is 0 Å². The fraction of sp³-hybridized carbons (Fsp3) is 0.261. The fourth-order valence-corrected chi connectivity index (χ4v) is 3.56. The van der Waals surface area contributed by atoms with Gasteiger partial charge in [-0.15, -0.1) is 11.3 Å². The molecule has 0 bridgehead atoms. The van der Waals surface area contributed by atoms with E-state index in [0.29, 0.717) is 5.69 Å². The topological polar surface area (TPSA) is 68.3 Å². The molecule has 0 unspecified atom stereocenters. The number of amides is 1. The number of anilines is 1. The second-order valence-electron chi connectivity index (χ2n) is 6.94. The van der Waals surface area contributed by atoms with Crippen LogP contribution in [0.1, 0.15) is 41.0 Å². The van der Waals surface area contributed by atoms with Gasteiger partial charge in [0.15, 0.2) is 11.8 Å². The Kier molecular flexibility index (Phi) is 6.44. The Hall–Kier alpha value is -2.99. The number of hydrogen-bond acceptors (Lipinski definition) is 5. The van der Waals surface area contributed by atoms with Crippen LogP contribution in [0.2, 0.25) is 0 Å². The molecule has 0 radical (unpaired) electrons. The third kappa shape index (κ3) is 5.09. The molecule has 150 valence electrons. The van der Waals surface area contributed by atoms with E-state index in [-0.39, 0.29) is 11.6 Å². The minimum atomic E-state index is -0.934. The van der Waals surface area contributed by atoms with E-state index in [1.54, 1.807) is 12.3 Å². The fourth-order valence-electron chi connectivity index (χ4n) is 2.76. The number of rotatable bonds is 6. The Morgan fingerprint density at radius 2 is 1.86 bits per heavy atom. The molecule has 1 atom stereocenters. The first-order chi connectivity index (χ1) is 13.9. The maximum absolute atomic E-state index is 12.4. The summed E-state index contributed by atoms with van der Waals surface area (Å²) in [6, 6.07) is 13.9. The van der Waals surface area contributed by atoms with E-state index < -0.39 is 12.1 Å². The standard InChI is InChI=1S/C23H24N2O3S/c1-5-17-8-10-18(11-9-17)22-25-20(13-29-22)23(27)28-16(4)21(26)24-19-12-14(2)6-7-15(19)3/h6-13,16H,5H2,1-4H3,(H,24,26)/t16-/m0/s1. The van der Waals surface area contributed by atoms with E-state index in [9.17, 15) is 9.59 Å². The molecule has 0 aliphatic carbocycles. The lowest BCUT2D eigenvalue weighted by atomic mass is 10.1. The van der Waals surface area contributed by atoms with E-state index in [4.69, 9.17) is 4.74 Å². The predicted octanol–water partition coefficient (Wildman–Crippen LogP) is 5.17. The highest BCUT2D eigenvalue weighted by Gasteiger charge is 2.21. The van der Waals surface area contributed by atoms with Gasteiger partial charge in [-0.2, -0.15) is 0 Å². The molecule has 0 fully saturated rings. The zero-order chi connectivity index (χ0) is 21.0. The molecule has 1 heterocycles. The first-order valence-corrected chi connectivity index (χ1v) is 10.4. The molecule has 3 aromatic rings. The van der Waals surface area contributed by atoms with Crippen molar-refractivity contribution in [2.75, 3.05) is 5.32 Å². The summed E-state index contributed by atoms with van der Waals surface area (Å²) in [7, 11) is 0. The molecule has 1 amide bonds. The predicted molar refractivity (Wildman–Crippen MR) is 116 cm³/mol. The highest BCUT2D eigenvalue weighted by molar-refractivity contribution is 7.13. The second-order valence-corrected chi connectivity index (χ2v) is 7.80. The minimum Gasteiger partial charge on any atom is -0.448 e. The van der Waals surface area contributed by atoms with Gasteiger partial charge >= 0.3 is 5.97 Å². The van der Waals surface area contributed by atoms with Crippen LogP contribution in [-0.2, 0) is 16.0 Å². The SMILES string of the molecule is CCc1ccc(-c2nc(C(=O)O[C@@H](C)C(=O)Nc3cc(C)ccc3C)cs2)cc1. The number of hydrogen-bond donors (Lipinski definition) is 1. The molecule has 29 heavy (non-hydrogen) atoms. The van der Waals surface area contributed by atoms with E-state index in [2.05, 4.69) is 29.4 Å². The van der Waals surface area contributed by atoms with Gasteiger partial charge in [-0.1, -0.05) is 43.3 Å². The number of carbonyl (C=O) groups excluding carboxylic acids is 2. The lowest BCUT2D eigenvalue weighted by molar-refractivity contribution is -0.123. The monoisotopic (exact) mass is 408 g/mol. The number of nitrogens with zero attached hydrogens (tertiary/aromatic N) is 1. The Balaban J connectivity index is 1.64. The van der Waals surface area contributed by atoms with E-state index in [0.717, 1.165) is 28.1 Å². The number of nitrogens with one attached hydrogen (secondary N) is 1. The van der Waals surface area contributed by atoms with Gasteiger partial charge in [0.1, 0.15) is 5.01 Å². The molecule has 1 aromatic heterocycles. The van der Waals surface area contributed by atoms with Gasteiger partial charge in [0, 0.05) is 16.6 Å². The molecular weight excluding hydrogens is 384 g/mol. The van der Waals surface area contributed by atoms with Crippen LogP contribution in [-0.4, -0.2) is 23.0 Å². The summed E-state index contributed by atoms with van der Waals surface area (Å²) >= 11 is 1.37. The average Bonchev–Trinajstić information content (AvgIpc) is 3.21. The summed E-state index contributed by atoms with van der Waals surface area (Å²) in [6.07, 6.45) is 0.0361. The molecular formula is C23H24N2O3S. The van der Waals surface area contributed by atoms with Gasteiger partial charge in [-0.3, -0.25) is 4.79 Å². The highest BCUT2D eigenvalue weighted by Crippen LogP contribution is 2.25. The van der Waals surface area contributed by atoms with Gasteiger partial charge in [0.25, 0.3) is 5.91 Å². The van der Waals surface area contributed by atoms with Crippen molar-refractivity contribution in [2.24, 2.45) is 0 Å². The third-order valence-electron chi connectivity index (χ3n) is 4.63. The molecule has 6 heteroatoms. The van der Waals surface area contributed by atoms with Crippen LogP contribution in [0, 0.1) is 13.8 Å². The van der Waals surface area contributed by atoms with Crippen molar-refractivity contribution in [3.63, 3.8) is 0 Å². The van der Waals surface area contributed by atoms with Crippen molar-refractivity contribution in [2.45, 2.75) is 40.2 Å². The van der Waals surface area contributed by atoms with Crippen molar-refractivity contribution in [1.29, 1.82) is 0 Å². The molecule has 1 N–H and O–H groups in total. The smallest absolute Gasteiger partial charge is 0.358 e. The maximum atomic E-state index is 12.4. The zero-order valence-electron chi connectivity index (χ0n) is 17.0. The van der Waals surface area contributed by atoms with Crippen molar-refractivity contribution < 1.29 is 14.3 Å². The van der Waals surface area contributed by atoms with Crippen molar-refractivity contribution in [3.05, 3.63) is 70.2 Å². The molecule has 0 spiro atoms. The van der Waals surface area contributed by atoms with E-state index >= 15 is 0 Å². The summed E-state index contributed by atoms with van der Waals surface area (Å²) in [4.78, 5) is 29.2. The van der Waals surface area contributed by atoms with Gasteiger partial charge in [0.05, 0.1) is 0 Å². The summed E-state index contributed by atoms with van der Waals surface area (Å²) in [5.74, 6) is -0.987. The normalized spacial score (nSPS) is 11.7. The van der Waals surface area contributed by atoms with Crippen LogP contribution in [0.15, 0.2) is 47.8 Å². The highest BCUT2D eigenvalue weighted by atomic mass is 32.1. The number of aromatic nitrogens is 1. The number of ether oxygens (including phenoxy) is 1. The van der Waals surface area contributed by atoms with Gasteiger partial charge < -0.3 is 10.1 Å². The van der Waals surface area contributed by atoms with Crippen LogP contribution < -0.4 is 5.32 Å². The lowest BCUT2D eigenvalue weighted by Gasteiger charge is -2.14. The molecule has 5 nitrogen and oxygen atoms in total. The second kappa shape index (κ2) is 9.01. The molecule has 0 aliphatic rings. The van der Waals surface area contributed by atoms with Crippen molar-refractivity contribution in [3.8, 4) is 10.6 Å². The Morgan fingerprint density at radius 3 is 2.55 bits per heavy atom. The Morgan fingerprint density at radius 1 is 1.14 bits per heavy atom. The van der Waals surface area contributed by atoms with Crippen molar-refractivity contribution in [1.82, 2.24) is 4.98 Å². The third-order valence-corrected chi connectivity index (χ3v) is 5.52. The average molecular weight is 409 g/mol. The van der Waals surface area contributed by atoms with Crippen LogP contribution in [0.4, 0.5) is 5.69 Å². The number of benzene rings is 2. The Bertz CT molecular complexity index is 1020. The number of aryl methyl sites for hydroxylation is 3. The lowest BCUT2D eigenvalue weighted by Crippen LogP contribution is -2.30. The first kappa shape index (κ1) is 20.7. The number of thiazole rings is 1. The number of carbonyl (C=O) groups is 2. The largest absolute Gasteiger partial charge is 0.448 e. The quantitative estimate of drug-likeness (QED) is 0.571. The zero-order valence-corrected chi connectivity index (χ0v) is 17.8. The van der Waals surface area contributed by atoms with Crippen LogP contribution in [0.25, 0.3) is 10.6 Å². The summed E-state index contributed by atoms with van der Waals surface area (Å²) < 4.78 is 5.32. The summed E-state index contributed by atoms with van der Waals surface area (Å²) in [6.45, 7) is 7.52. The van der Waals surface area contributed by atoms with Crippen molar-refractivity contribution >= 4 is 28.9 Å². The molecule has 2 aromatic carbocycles. The van der Waals surface area contributed by atoms with Crippen LogP contribution in [0.5, 0.6) is 0 Å². The summed E-state index contributed by atoms with van der Waals surface area (Å²) in [5, 5.41) is 5.21. The van der Waals surface area contributed by atoms with Gasteiger partial charge in [-0.25, -0.2) is 9.78 Å². The summed E-state index contributed by atoms with van der Waals surface area (Å²) in [5.41, 5.74) is 5.10. The van der Waals surface area contributed by atoms with E-state index in [1.807, 2.05) is 44.2 Å². The molecule has 0 aliphatic heterocycles. The first-order valence-electron chi connectivity index (χ1n) is 9.51. The molecule has 0 saturated carbocycles. The Labute approximate surface area is 174 Å². The number of esters is 1. The van der Waals surface area contributed by atoms with Crippen LogP contribution >= 0.6 is 11.3 Å². The van der Waals surface area contributed by atoms with E-state index in [1.165, 1.54) is 16.9 Å². The molecule has 0 saturated heterocycles. The molecule has 3 rings (SSSR count). The maximum Gasteiger partial charge on any atom is 0.358 e. The minimum absolute atomic E-state index is 0.205.